The molecule has 1 rings (SSSR count). The molecule has 6 heteroatoms. The number of aliphatic carboxylic acids is 1. The first-order valence-electron chi connectivity index (χ1n) is 8.81. The summed E-state index contributed by atoms with van der Waals surface area (Å²) in [5, 5.41) is 37.5. The molecular formula is C18H30O6. The zero-order valence-corrected chi connectivity index (χ0v) is 14.1. The van der Waals surface area contributed by atoms with Gasteiger partial charge >= 0.3 is 5.97 Å². The van der Waals surface area contributed by atoms with Crippen molar-refractivity contribution in [3.8, 4) is 0 Å². The number of carboxylic acid groups (broad SMARTS) is 1. The monoisotopic (exact) mass is 342 g/mol. The molecule has 1 aliphatic rings. The van der Waals surface area contributed by atoms with Crippen LogP contribution in [0.25, 0.3) is 0 Å². The molecule has 6 nitrogen and oxygen atoms in total. The minimum Gasteiger partial charge on any atom is -0.481 e. The van der Waals surface area contributed by atoms with Crippen LogP contribution in [-0.2, 0) is 9.59 Å². The lowest BCUT2D eigenvalue weighted by atomic mass is 9.86. The van der Waals surface area contributed by atoms with E-state index in [4.69, 9.17) is 10.2 Å². The molecule has 0 radical (unpaired) electrons. The molecule has 0 unspecified atom stereocenters. The van der Waals surface area contributed by atoms with Gasteiger partial charge in [0.2, 0.25) is 0 Å². The zero-order valence-electron chi connectivity index (χ0n) is 14.1. The third-order valence-electron chi connectivity index (χ3n) is 4.76. The fourth-order valence-electron chi connectivity index (χ4n) is 3.41. The zero-order chi connectivity index (χ0) is 17.9. The number of carboxylic acids is 1. The number of allylic oxidation sites excluding steroid dienone is 1. The Kier molecular flexibility index (Phi) is 9.83. The molecular weight excluding hydrogens is 312 g/mol. The first-order valence-corrected chi connectivity index (χ1v) is 8.81. The van der Waals surface area contributed by atoms with Gasteiger partial charge in [-0.15, -0.1) is 0 Å². The molecule has 1 saturated carbocycles. The maximum Gasteiger partial charge on any atom is 0.307 e. The maximum absolute atomic E-state index is 11.9. The van der Waals surface area contributed by atoms with E-state index in [0.29, 0.717) is 38.5 Å². The summed E-state index contributed by atoms with van der Waals surface area (Å²) in [6.45, 7) is 0.150. The predicted octanol–water partition coefficient (Wildman–Crippen LogP) is 1.67. The Morgan fingerprint density at radius 2 is 1.67 bits per heavy atom. The summed E-state index contributed by atoms with van der Waals surface area (Å²) in [5.74, 6) is -1.01. The van der Waals surface area contributed by atoms with E-state index in [1.807, 2.05) is 0 Å². The summed E-state index contributed by atoms with van der Waals surface area (Å²) >= 11 is 0. The Bertz CT molecular complexity index is 420. The SMILES string of the molecule is O=C(O)C/C=C\C[C@@H]1[C@@H](CCC(=O)CCCCCO)[C@H](O)C[C@@H]1O. The molecule has 0 heterocycles. The molecule has 1 aliphatic carbocycles. The van der Waals surface area contributed by atoms with Crippen molar-refractivity contribution in [3.05, 3.63) is 12.2 Å². The van der Waals surface area contributed by atoms with Crippen molar-refractivity contribution in [1.82, 2.24) is 0 Å². The van der Waals surface area contributed by atoms with Gasteiger partial charge in [-0.1, -0.05) is 18.6 Å². The van der Waals surface area contributed by atoms with Crippen LogP contribution in [0, 0.1) is 11.8 Å². The van der Waals surface area contributed by atoms with Gasteiger partial charge in [0, 0.05) is 19.4 Å². The molecule has 0 aromatic carbocycles. The Hall–Kier alpha value is -1.24. The summed E-state index contributed by atoms with van der Waals surface area (Å²) in [7, 11) is 0. The highest BCUT2D eigenvalue weighted by Gasteiger charge is 2.40. The van der Waals surface area contributed by atoms with Crippen LogP contribution in [0.5, 0.6) is 0 Å². The van der Waals surface area contributed by atoms with Crippen LogP contribution >= 0.6 is 0 Å². The lowest BCUT2D eigenvalue weighted by Gasteiger charge is -2.22. The van der Waals surface area contributed by atoms with E-state index in [-0.39, 0.29) is 30.6 Å². The van der Waals surface area contributed by atoms with Gasteiger partial charge in [-0.05, 0) is 43.9 Å². The number of aliphatic hydroxyl groups excluding tert-OH is 3. The minimum atomic E-state index is -0.901. The van der Waals surface area contributed by atoms with Gasteiger partial charge in [0.05, 0.1) is 18.6 Å². The van der Waals surface area contributed by atoms with Crippen LogP contribution in [0.3, 0.4) is 0 Å². The maximum atomic E-state index is 11.9. The molecule has 0 saturated heterocycles. The highest BCUT2D eigenvalue weighted by molar-refractivity contribution is 5.78. The van der Waals surface area contributed by atoms with E-state index < -0.39 is 18.2 Å². The lowest BCUT2D eigenvalue weighted by Crippen LogP contribution is -2.22. The topological polar surface area (TPSA) is 115 Å². The minimum absolute atomic E-state index is 0.0532. The summed E-state index contributed by atoms with van der Waals surface area (Å²) < 4.78 is 0. The summed E-state index contributed by atoms with van der Waals surface area (Å²) in [6.07, 6.45) is 6.61. The molecule has 0 aromatic rings. The van der Waals surface area contributed by atoms with Crippen molar-refractivity contribution in [3.63, 3.8) is 0 Å². The molecule has 24 heavy (non-hydrogen) atoms. The van der Waals surface area contributed by atoms with Crippen LogP contribution < -0.4 is 0 Å². The second-order valence-electron chi connectivity index (χ2n) is 6.61. The van der Waals surface area contributed by atoms with E-state index in [1.165, 1.54) is 0 Å². The largest absolute Gasteiger partial charge is 0.481 e. The quantitative estimate of drug-likeness (QED) is 0.317. The van der Waals surface area contributed by atoms with Crippen LogP contribution in [0.1, 0.15) is 57.8 Å². The van der Waals surface area contributed by atoms with E-state index in [0.717, 1.165) is 12.8 Å². The first-order chi connectivity index (χ1) is 11.5. The number of unbranched alkanes of at least 4 members (excludes halogenated alkanes) is 2. The third kappa shape index (κ3) is 7.55. The number of aliphatic hydroxyl groups is 3. The van der Waals surface area contributed by atoms with Gasteiger partial charge in [-0.3, -0.25) is 9.59 Å². The van der Waals surface area contributed by atoms with E-state index >= 15 is 0 Å². The van der Waals surface area contributed by atoms with Crippen LogP contribution in [0.4, 0.5) is 0 Å². The molecule has 1 fully saturated rings. The fourth-order valence-corrected chi connectivity index (χ4v) is 3.41. The highest BCUT2D eigenvalue weighted by Crippen LogP contribution is 2.38. The van der Waals surface area contributed by atoms with Gasteiger partial charge in [0.15, 0.2) is 0 Å². The standard InChI is InChI=1S/C18H30O6/c19-11-5-1-2-6-13(20)9-10-15-14(16(21)12-17(15)22)7-3-4-8-18(23)24/h3-4,14-17,19,21-22H,1-2,5-12H2,(H,23,24)/b4-3-/t14-,15-,16+,17-/m1/s1. The summed E-state index contributed by atoms with van der Waals surface area (Å²) in [4.78, 5) is 22.4. The second kappa shape index (κ2) is 11.3. The normalized spacial score (nSPS) is 27.0. The van der Waals surface area contributed by atoms with Gasteiger partial charge in [0.25, 0.3) is 0 Å². The highest BCUT2D eigenvalue weighted by atomic mass is 16.4. The molecule has 0 spiro atoms. The van der Waals surface area contributed by atoms with Crippen molar-refractivity contribution in [1.29, 1.82) is 0 Å². The fraction of sp³-hybridized carbons (Fsp3) is 0.778. The van der Waals surface area contributed by atoms with Crippen LogP contribution in [-0.4, -0.2) is 51.0 Å². The molecule has 0 amide bonds. The van der Waals surface area contributed by atoms with Gasteiger partial charge in [-0.2, -0.15) is 0 Å². The summed E-state index contributed by atoms with van der Waals surface area (Å²) in [5.41, 5.74) is 0. The summed E-state index contributed by atoms with van der Waals surface area (Å²) in [6, 6.07) is 0. The molecule has 0 aromatic heterocycles. The van der Waals surface area contributed by atoms with Crippen LogP contribution in [0.15, 0.2) is 12.2 Å². The third-order valence-corrected chi connectivity index (χ3v) is 4.76. The van der Waals surface area contributed by atoms with Crippen molar-refractivity contribution in [2.45, 2.75) is 70.0 Å². The Morgan fingerprint density at radius 1 is 0.958 bits per heavy atom. The number of rotatable bonds is 12. The Morgan fingerprint density at radius 3 is 2.33 bits per heavy atom. The number of ketones is 1. The Labute approximate surface area is 143 Å². The number of carbonyl (C=O) groups is 2. The Balaban J connectivity index is 2.40. The molecule has 0 aliphatic heterocycles. The number of hydrogen-bond donors (Lipinski definition) is 4. The second-order valence-corrected chi connectivity index (χ2v) is 6.61. The average Bonchev–Trinajstić information content (AvgIpc) is 2.79. The average molecular weight is 342 g/mol. The van der Waals surface area contributed by atoms with E-state index in [1.54, 1.807) is 12.2 Å². The molecule has 0 bridgehead atoms. The number of hydrogen-bond acceptors (Lipinski definition) is 5. The predicted molar refractivity (Wildman–Crippen MR) is 89.4 cm³/mol. The van der Waals surface area contributed by atoms with E-state index in [2.05, 4.69) is 0 Å². The van der Waals surface area contributed by atoms with Crippen LogP contribution in [0.2, 0.25) is 0 Å². The molecule has 4 atom stereocenters. The van der Waals surface area contributed by atoms with Gasteiger partial charge in [0.1, 0.15) is 5.78 Å². The van der Waals surface area contributed by atoms with Gasteiger partial charge in [-0.25, -0.2) is 0 Å². The first kappa shape index (κ1) is 20.8. The van der Waals surface area contributed by atoms with Crippen molar-refractivity contribution in [2.24, 2.45) is 11.8 Å². The van der Waals surface area contributed by atoms with Gasteiger partial charge < -0.3 is 20.4 Å². The van der Waals surface area contributed by atoms with Crippen molar-refractivity contribution < 1.29 is 30.0 Å². The smallest absolute Gasteiger partial charge is 0.307 e. The van der Waals surface area contributed by atoms with Crippen molar-refractivity contribution >= 4 is 11.8 Å². The number of Topliss-reactive ketones (excluding diaryl/α,β-unsaturated/α-hetero) is 1. The number of carbonyl (C=O) groups excluding carboxylic acids is 1. The molecule has 138 valence electrons. The molecule has 4 N–H and O–H groups in total. The lowest BCUT2D eigenvalue weighted by molar-refractivity contribution is -0.136. The van der Waals surface area contributed by atoms with E-state index in [9.17, 15) is 19.8 Å². The van der Waals surface area contributed by atoms with Crippen molar-refractivity contribution in [2.75, 3.05) is 6.61 Å².